The van der Waals surface area contributed by atoms with Crippen LogP contribution in [0.3, 0.4) is 0 Å². The standard InChI is InChI=1S/C18H26N2O4/c1-12(21)19-14-10-15(17(24-3)11-16(14)23-2)20-18(22)9-8-13-6-4-5-7-13/h10-11,13H,4-9H2,1-3H3,(H,19,21)(H,20,22). The molecule has 0 aromatic heterocycles. The first-order valence-electron chi connectivity index (χ1n) is 8.37. The Labute approximate surface area is 142 Å². The van der Waals surface area contributed by atoms with E-state index in [0.717, 1.165) is 6.42 Å². The van der Waals surface area contributed by atoms with Gasteiger partial charge in [-0.1, -0.05) is 25.7 Å². The Kier molecular flexibility index (Phi) is 6.46. The summed E-state index contributed by atoms with van der Waals surface area (Å²) < 4.78 is 10.6. The summed E-state index contributed by atoms with van der Waals surface area (Å²) in [7, 11) is 3.04. The fraction of sp³-hybridized carbons (Fsp3) is 0.556. The number of amides is 2. The fourth-order valence-corrected chi connectivity index (χ4v) is 3.13. The van der Waals surface area contributed by atoms with Crippen LogP contribution in [0.25, 0.3) is 0 Å². The van der Waals surface area contributed by atoms with Gasteiger partial charge in [0.2, 0.25) is 11.8 Å². The number of benzene rings is 1. The lowest BCUT2D eigenvalue weighted by Gasteiger charge is -2.16. The number of hydrogen-bond donors (Lipinski definition) is 2. The summed E-state index contributed by atoms with van der Waals surface area (Å²) in [6.07, 6.45) is 6.42. The molecule has 2 rings (SSSR count). The van der Waals surface area contributed by atoms with Crippen molar-refractivity contribution in [2.24, 2.45) is 5.92 Å². The van der Waals surface area contributed by atoms with E-state index in [1.165, 1.54) is 46.8 Å². The summed E-state index contributed by atoms with van der Waals surface area (Å²) in [6.45, 7) is 1.42. The van der Waals surface area contributed by atoms with Gasteiger partial charge in [0.1, 0.15) is 11.5 Å². The van der Waals surface area contributed by atoms with Crippen LogP contribution in [0.5, 0.6) is 11.5 Å². The van der Waals surface area contributed by atoms with Crippen LogP contribution in [0.4, 0.5) is 11.4 Å². The first-order chi connectivity index (χ1) is 11.5. The molecule has 0 radical (unpaired) electrons. The molecule has 0 spiro atoms. The van der Waals surface area contributed by atoms with Gasteiger partial charge in [-0.05, 0) is 18.4 Å². The highest BCUT2D eigenvalue weighted by Gasteiger charge is 2.18. The van der Waals surface area contributed by atoms with Crippen molar-refractivity contribution in [2.75, 3.05) is 24.9 Å². The molecule has 1 fully saturated rings. The van der Waals surface area contributed by atoms with Gasteiger partial charge in [-0.2, -0.15) is 0 Å². The van der Waals surface area contributed by atoms with Crippen LogP contribution < -0.4 is 20.1 Å². The highest BCUT2D eigenvalue weighted by Crippen LogP contribution is 2.36. The second-order valence-electron chi connectivity index (χ2n) is 6.17. The van der Waals surface area contributed by atoms with Crippen LogP contribution in [0.2, 0.25) is 0 Å². The molecule has 6 nitrogen and oxygen atoms in total. The van der Waals surface area contributed by atoms with Crippen molar-refractivity contribution < 1.29 is 19.1 Å². The third-order valence-corrected chi connectivity index (χ3v) is 4.36. The number of nitrogens with one attached hydrogen (secondary N) is 2. The lowest BCUT2D eigenvalue weighted by atomic mass is 10.0. The van der Waals surface area contributed by atoms with Crippen LogP contribution in [-0.2, 0) is 9.59 Å². The van der Waals surface area contributed by atoms with Crippen LogP contribution in [-0.4, -0.2) is 26.0 Å². The second-order valence-corrected chi connectivity index (χ2v) is 6.17. The average Bonchev–Trinajstić information content (AvgIpc) is 3.06. The minimum absolute atomic E-state index is 0.0425. The van der Waals surface area contributed by atoms with Gasteiger partial charge in [-0.3, -0.25) is 9.59 Å². The van der Waals surface area contributed by atoms with E-state index in [1.54, 1.807) is 12.1 Å². The first kappa shape index (κ1) is 18.1. The zero-order valence-electron chi connectivity index (χ0n) is 14.6. The number of hydrogen-bond acceptors (Lipinski definition) is 4. The lowest BCUT2D eigenvalue weighted by molar-refractivity contribution is -0.116. The molecule has 0 heterocycles. The van der Waals surface area contributed by atoms with Crippen molar-refractivity contribution in [1.29, 1.82) is 0 Å². The third-order valence-electron chi connectivity index (χ3n) is 4.36. The van der Waals surface area contributed by atoms with Gasteiger partial charge < -0.3 is 20.1 Å². The van der Waals surface area contributed by atoms with Gasteiger partial charge in [-0.25, -0.2) is 0 Å². The number of carbonyl (C=O) groups excluding carboxylic acids is 2. The summed E-state index contributed by atoms with van der Waals surface area (Å²) in [4.78, 5) is 23.6. The zero-order valence-corrected chi connectivity index (χ0v) is 14.6. The number of carbonyl (C=O) groups is 2. The fourth-order valence-electron chi connectivity index (χ4n) is 3.13. The van der Waals surface area contributed by atoms with Crippen molar-refractivity contribution in [3.63, 3.8) is 0 Å². The zero-order chi connectivity index (χ0) is 17.5. The minimum atomic E-state index is -0.211. The highest BCUT2D eigenvalue weighted by molar-refractivity contribution is 5.96. The summed E-state index contributed by atoms with van der Waals surface area (Å²) in [5.41, 5.74) is 1.02. The highest BCUT2D eigenvalue weighted by atomic mass is 16.5. The monoisotopic (exact) mass is 334 g/mol. The van der Waals surface area contributed by atoms with Crippen LogP contribution in [0.1, 0.15) is 45.4 Å². The van der Waals surface area contributed by atoms with E-state index in [2.05, 4.69) is 10.6 Å². The largest absolute Gasteiger partial charge is 0.494 e. The lowest BCUT2D eigenvalue weighted by Crippen LogP contribution is -2.14. The van der Waals surface area contributed by atoms with Crippen molar-refractivity contribution >= 4 is 23.2 Å². The molecule has 1 aliphatic rings. The molecule has 132 valence electrons. The third kappa shape index (κ3) is 4.88. The number of anilines is 2. The molecule has 2 amide bonds. The van der Waals surface area contributed by atoms with Crippen molar-refractivity contribution in [2.45, 2.75) is 45.4 Å². The Morgan fingerprint density at radius 1 is 1.04 bits per heavy atom. The van der Waals surface area contributed by atoms with Crippen LogP contribution >= 0.6 is 0 Å². The van der Waals surface area contributed by atoms with Gasteiger partial charge in [0.05, 0.1) is 25.6 Å². The van der Waals surface area contributed by atoms with Gasteiger partial charge in [0, 0.05) is 19.4 Å². The molecular formula is C18H26N2O4. The van der Waals surface area contributed by atoms with E-state index < -0.39 is 0 Å². The maximum absolute atomic E-state index is 12.2. The quantitative estimate of drug-likeness (QED) is 0.799. The van der Waals surface area contributed by atoms with E-state index in [9.17, 15) is 9.59 Å². The summed E-state index contributed by atoms with van der Waals surface area (Å²) in [5.74, 6) is 1.39. The molecule has 6 heteroatoms. The Bertz CT molecular complexity index is 595. The van der Waals surface area contributed by atoms with Crippen molar-refractivity contribution in [3.8, 4) is 11.5 Å². The Balaban J connectivity index is 2.08. The van der Waals surface area contributed by atoms with E-state index >= 15 is 0 Å². The molecule has 0 atom stereocenters. The number of rotatable bonds is 7. The maximum Gasteiger partial charge on any atom is 0.224 e. The minimum Gasteiger partial charge on any atom is -0.494 e. The summed E-state index contributed by atoms with van der Waals surface area (Å²) in [6, 6.07) is 3.31. The van der Waals surface area contributed by atoms with E-state index in [4.69, 9.17) is 9.47 Å². The SMILES string of the molecule is COc1cc(OC)c(NC(=O)CCC2CCCC2)cc1NC(C)=O. The van der Waals surface area contributed by atoms with Crippen LogP contribution in [0.15, 0.2) is 12.1 Å². The molecule has 1 aliphatic carbocycles. The Morgan fingerprint density at radius 3 is 2.17 bits per heavy atom. The maximum atomic E-state index is 12.2. The molecule has 1 aromatic rings. The van der Waals surface area contributed by atoms with Gasteiger partial charge in [0.15, 0.2) is 0 Å². The molecule has 2 N–H and O–H groups in total. The summed E-state index contributed by atoms with van der Waals surface area (Å²) >= 11 is 0. The molecule has 1 saturated carbocycles. The average molecular weight is 334 g/mol. The molecule has 0 aliphatic heterocycles. The molecule has 0 unspecified atom stereocenters. The molecular weight excluding hydrogens is 308 g/mol. The summed E-state index contributed by atoms with van der Waals surface area (Å²) in [5, 5.41) is 5.57. The molecule has 0 bridgehead atoms. The predicted molar refractivity (Wildman–Crippen MR) is 93.7 cm³/mol. The smallest absolute Gasteiger partial charge is 0.224 e. The Hall–Kier alpha value is -2.24. The Morgan fingerprint density at radius 2 is 1.62 bits per heavy atom. The first-order valence-corrected chi connectivity index (χ1v) is 8.37. The number of ether oxygens (including phenoxy) is 2. The van der Waals surface area contributed by atoms with E-state index in [1.807, 2.05) is 0 Å². The van der Waals surface area contributed by atoms with Crippen LogP contribution in [0, 0.1) is 5.92 Å². The molecule has 1 aromatic carbocycles. The van der Waals surface area contributed by atoms with E-state index in [-0.39, 0.29) is 11.8 Å². The van der Waals surface area contributed by atoms with Crippen molar-refractivity contribution in [1.82, 2.24) is 0 Å². The topological polar surface area (TPSA) is 76.7 Å². The van der Waals surface area contributed by atoms with Gasteiger partial charge in [-0.15, -0.1) is 0 Å². The molecule has 24 heavy (non-hydrogen) atoms. The second kappa shape index (κ2) is 8.57. The van der Waals surface area contributed by atoms with Gasteiger partial charge in [0.25, 0.3) is 0 Å². The van der Waals surface area contributed by atoms with Gasteiger partial charge >= 0.3 is 0 Å². The number of methoxy groups -OCH3 is 2. The predicted octanol–water partition coefficient (Wildman–Crippen LogP) is 3.57. The normalized spacial score (nSPS) is 14.3. The van der Waals surface area contributed by atoms with Crippen molar-refractivity contribution in [3.05, 3.63) is 12.1 Å². The molecule has 0 saturated heterocycles. The van der Waals surface area contributed by atoms with E-state index in [0.29, 0.717) is 35.2 Å².